The zero-order valence-electron chi connectivity index (χ0n) is 13.5. The monoisotopic (exact) mass is 345 g/mol. The van der Waals surface area contributed by atoms with Gasteiger partial charge in [0.2, 0.25) is 0 Å². The Morgan fingerprint density at radius 1 is 1.33 bits per heavy atom. The lowest BCUT2D eigenvalue weighted by Gasteiger charge is -2.14. The lowest BCUT2D eigenvalue weighted by Crippen LogP contribution is -2.47. The van der Waals surface area contributed by atoms with E-state index in [1.807, 2.05) is 13.8 Å². The molecule has 8 heteroatoms. The lowest BCUT2D eigenvalue weighted by atomic mass is 10.1. The summed E-state index contributed by atoms with van der Waals surface area (Å²) in [7, 11) is 0. The molecule has 0 unspecified atom stereocenters. The molecule has 0 atom stereocenters. The van der Waals surface area contributed by atoms with Crippen molar-refractivity contribution in [2.24, 2.45) is 0 Å². The van der Waals surface area contributed by atoms with Crippen LogP contribution in [0.15, 0.2) is 41.7 Å². The molecule has 2 rings (SSSR count). The zero-order valence-corrected chi connectivity index (χ0v) is 14.3. The molecule has 0 aliphatic carbocycles. The molecule has 1 aromatic heterocycles. The van der Waals surface area contributed by atoms with Crippen LogP contribution < -0.4 is 21.7 Å². The van der Waals surface area contributed by atoms with Crippen LogP contribution in [0.2, 0.25) is 0 Å². The van der Waals surface area contributed by atoms with Crippen molar-refractivity contribution in [2.75, 3.05) is 6.54 Å². The van der Waals surface area contributed by atoms with Crippen molar-refractivity contribution in [3.63, 3.8) is 0 Å². The van der Waals surface area contributed by atoms with Crippen molar-refractivity contribution < 1.29 is 4.79 Å². The van der Waals surface area contributed by atoms with E-state index in [4.69, 9.17) is 12.2 Å². The van der Waals surface area contributed by atoms with Gasteiger partial charge in [0, 0.05) is 11.9 Å². The minimum absolute atomic E-state index is 0.151. The van der Waals surface area contributed by atoms with Crippen LogP contribution in [0.1, 0.15) is 30.4 Å². The van der Waals surface area contributed by atoms with Gasteiger partial charge in [-0.05, 0) is 32.1 Å². The van der Waals surface area contributed by atoms with E-state index in [9.17, 15) is 9.59 Å². The van der Waals surface area contributed by atoms with E-state index >= 15 is 0 Å². The summed E-state index contributed by atoms with van der Waals surface area (Å²) in [4.78, 5) is 24.9. The highest BCUT2D eigenvalue weighted by molar-refractivity contribution is 7.80. The fourth-order valence-electron chi connectivity index (χ4n) is 2.11. The van der Waals surface area contributed by atoms with Crippen LogP contribution in [0.25, 0.3) is 10.8 Å². The molecule has 7 nitrogen and oxygen atoms in total. The summed E-state index contributed by atoms with van der Waals surface area (Å²) >= 11 is 5.01. The van der Waals surface area contributed by atoms with Crippen LogP contribution in [0.4, 0.5) is 0 Å². The van der Waals surface area contributed by atoms with Gasteiger partial charge in [-0.15, -0.1) is 6.58 Å². The Bertz CT molecular complexity index is 844. The van der Waals surface area contributed by atoms with E-state index in [0.29, 0.717) is 17.3 Å². The van der Waals surface area contributed by atoms with E-state index in [1.165, 1.54) is 4.68 Å². The molecule has 1 amide bonds. The predicted molar refractivity (Wildman–Crippen MR) is 97.8 cm³/mol. The fraction of sp³-hybridized carbons (Fsp3) is 0.250. The fourth-order valence-corrected chi connectivity index (χ4v) is 2.24. The van der Waals surface area contributed by atoms with Crippen LogP contribution in [0, 0.1) is 0 Å². The molecular formula is C16H19N5O2S. The molecule has 0 bridgehead atoms. The first-order valence-corrected chi connectivity index (χ1v) is 7.83. The molecule has 0 saturated carbocycles. The Hall–Kier alpha value is -2.74. The van der Waals surface area contributed by atoms with Crippen molar-refractivity contribution in [1.82, 2.24) is 25.9 Å². The number of benzene rings is 1. The molecule has 2 aromatic rings. The average Bonchev–Trinajstić information content (AvgIpc) is 2.58. The van der Waals surface area contributed by atoms with E-state index in [1.54, 1.807) is 30.3 Å². The lowest BCUT2D eigenvalue weighted by molar-refractivity contribution is 0.0938. The van der Waals surface area contributed by atoms with Crippen LogP contribution in [-0.2, 0) is 0 Å². The van der Waals surface area contributed by atoms with Gasteiger partial charge in [-0.25, -0.2) is 4.68 Å². The number of hydrazine groups is 1. The number of hydrogen-bond donors (Lipinski definition) is 3. The van der Waals surface area contributed by atoms with Gasteiger partial charge >= 0.3 is 0 Å². The van der Waals surface area contributed by atoms with Gasteiger partial charge in [-0.1, -0.05) is 24.3 Å². The number of nitrogens with one attached hydrogen (secondary N) is 3. The minimum Gasteiger partial charge on any atom is -0.358 e. The molecule has 0 aliphatic heterocycles. The molecule has 0 radical (unpaired) electrons. The average molecular weight is 345 g/mol. The van der Waals surface area contributed by atoms with Crippen LogP contribution in [-0.4, -0.2) is 27.3 Å². The summed E-state index contributed by atoms with van der Waals surface area (Å²) in [5.41, 5.74) is 4.99. The highest BCUT2D eigenvalue weighted by atomic mass is 32.1. The van der Waals surface area contributed by atoms with Gasteiger partial charge in [-0.2, -0.15) is 5.10 Å². The molecule has 1 heterocycles. The number of amides is 1. The minimum atomic E-state index is -0.483. The molecule has 24 heavy (non-hydrogen) atoms. The summed E-state index contributed by atoms with van der Waals surface area (Å²) in [5, 5.41) is 8.23. The van der Waals surface area contributed by atoms with Gasteiger partial charge in [0.25, 0.3) is 11.5 Å². The summed E-state index contributed by atoms with van der Waals surface area (Å²) in [6.07, 6.45) is 1.64. The Morgan fingerprint density at radius 2 is 2.00 bits per heavy atom. The largest absolute Gasteiger partial charge is 0.358 e. The Balaban J connectivity index is 2.35. The van der Waals surface area contributed by atoms with Crippen molar-refractivity contribution in [3.8, 4) is 0 Å². The number of carbonyl (C=O) groups is 1. The normalized spacial score (nSPS) is 10.5. The number of carbonyl (C=O) groups excluding carboxylic acids is 1. The van der Waals surface area contributed by atoms with Crippen LogP contribution >= 0.6 is 12.2 Å². The third-order valence-corrected chi connectivity index (χ3v) is 3.48. The number of fused-ring (bicyclic) bond motifs is 1. The van der Waals surface area contributed by atoms with E-state index in [0.717, 1.165) is 0 Å². The number of thiocarbonyl (C=S) groups is 1. The highest BCUT2D eigenvalue weighted by Crippen LogP contribution is 2.14. The maximum Gasteiger partial charge on any atom is 0.290 e. The first-order valence-electron chi connectivity index (χ1n) is 7.42. The third-order valence-electron chi connectivity index (χ3n) is 3.23. The second-order valence-corrected chi connectivity index (χ2v) is 5.72. The summed E-state index contributed by atoms with van der Waals surface area (Å²) in [6, 6.07) is 6.71. The van der Waals surface area contributed by atoms with Gasteiger partial charge in [0.05, 0.1) is 11.4 Å². The Labute approximate surface area is 144 Å². The molecule has 0 aliphatic rings. The van der Waals surface area contributed by atoms with Crippen molar-refractivity contribution in [2.45, 2.75) is 19.9 Å². The molecule has 1 aromatic carbocycles. The third kappa shape index (κ3) is 3.77. The summed E-state index contributed by atoms with van der Waals surface area (Å²) in [6.45, 7) is 7.70. The second kappa shape index (κ2) is 7.69. The Morgan fingerprint density at radius 3 is 2.62 bits per heavy atom. The molecule has 3 N–H and O–H groups in total. The molecule has 126 valence electrons. The Kier molecular flexibility index (Phi) is 5.64. The van der Waals surface area contributed by atoms with E-state index in [2.05, 4.69) is 27.8 Å². The first-order chi connectivity index (χ1) is 11.5. The van der Waals surface area contributed by atoms with E-state index in [-0.39, 0.29) is 22.4 Å². The maximum atomic E-state index is 12.5. The molecule has 0 spiro atoms. The van der Waals surface area contributed by atoms with Crippen molar-refractivity contribution in [3.05, 3.63) is 53.0 Å². The second-order valence-electron chi connectivity index (χ2n) is 5.32. The van der Waals surface area contributed by atoms with Crippen LogP contribution in [0.5, 0.6) is 0 Å². The zero-order chi connectivity index (χ0) is 17.7. The summed E-state index contributed by atoms with van der Waals surface area (Å²) < 4.78 is 1.30. The number of nitrogens with zero attached hydrogens (tertiary/aromatic N) is 2. The SMILES string of the molecule is C=CCNC(=S)NNC(=O)c1nn(C(C)C)c(=O)c2ccccc12. The topological polar surface area (TPSA) is 88.0 Å². The van der Waals surface area contributed by atoms with Crippen molar-refractivity contribution in [1.29, 1.82) is 0 Å². The number of aromatic nitrogens is 2. The quantitative estimate of drug-likeness (QED) is 0.439. The van der Waals surface area contributed by atoms with Crippen molar-refractivity contribution >= 4 is 34.0 Å². The molecular weight excluding hydrogens is 326 g/mol. The first kappa shape index (κ1) is 17.6. The highest BCUT2D eigenvalue weighted by Gasteiger charge is 2.17. The molecule has 0 fully saturated rings. The van der Waals surface area contributed by atoms with E-state index < -0.39 is 5.91 Å². The standard InChI is InChI=1S/C16H19N5O2S/c1-4-9-17-16(24)19-18-14(22)13-11-7-5-6-8-12(11)15(23)21(20-13)10(2)3/h4-8,10H,1,9H2,2-3H3,(H,18,22)(H2,17,19,24). The van der Waals surface area contributed by atoms with Crippen LogP contribution in [0.3, 0.4) is 0 Å². The molecule has 0 saturated heterocycles. The van der Waals surface area contributed by atoms with Gasteiger partial charge in [0.1, 0.15) is 0 Å². The summed E-state index contributed by atoms with van der Waals surface area (Å²) in [5.74, 6) is -0.483. The number of hydrogen-bond acceptors (Lipinski definition) is 4. The van der Waals surface area contributed by atoms with Gasteiger partial charge in [0.15, 0.2) is 10.8 Å². The maximum absolute atomic E-state index is 12.5. The predicted octanol–water partition coefficient (Wildman–Crippen LogP) is 1.27. The van der Waals surface area contributed by atoms with Gasteiger partial charge < -0.3 is 5.32 Å². The smallest absolute Gasteiger partial charge is 0.290 e. The van der Waals surface area contributed by atoms with Gasteiger partial charge in [-0.3, -0.25) is 20.4 Å². The number of rotatable bonds is 4.